The fraction of sp³-hybridized carbons (Fsp3) is 0.571. The van der Waals surface area contributed by atoms with Crippen LogP contribution in [0.2, 0.25) is 0 Å². The van der Waals surface area contributed by atoms with E-state index in [-0.39, 0.29) is 37.5 Å². The molecule has 0 aliphatic carbocycles. The van der Waals surface area contributed by atoms with Gasteiger partial charge in [-0.25, -0.2) is 0 Å². The van der Waals surface area contributed by atoms with Crippen molar-refractivity contribution >= 4 is 17.9 Å². The molecule has 1 unspecified atom stereocenters. The monoisotopic (exact) mass is 951 g/mol. The fourth-order valence-electron chi connectivity index (χ4n) is 6.88. The molecule has 0 aromatic heterocycles. The molecule has 0 N–H and O–H groups in total. The zero-order chi connectivity index (χ0) is 50.0. The van der Waals surface area contributed by atoms with Gasteiger partial charge in [0.15, 0.2) is 6.10 Å². The molecule has 386 valence electrons. The van der Waals surface area contributed by atoms with E-state index in [4.69, 9.17) is 14.2 Å². The number of carbonyl (C=O) groups excluding carboxylic acids is 3. The molecule has 0 rings (SSSR count). The number of esters is 3. The molecule has 0 bridgehead atoms. The molecular weight excluding hydrogens is 853 g/mol. The second kappa shape index (κ2) is 55.9. The fourth-order valence-corrected chi connectivity index (χ4v) is 6.88. The Balaban J connectivity index is 4.56. The summed E-state index contributed by atoms with van der Waals surface area (Å²) in [5.74, 6) is -1.04. The number of unbranched alkanes of at least 4 members (excludes halogenated alkanes) is 16. The zero-order valence-corrected chi connectivity index (χ0v) is 44.0. The smallest absolute Gasteiger partial charge is 0.306 e. The van der Waals surface area contributed by atoms with E-state index in [1.54, 1.807) is 0 Å². The van der Waals surface area contributed by atoms with Crippen LogP contribution >= 0.6 is 0 Å². The predicted octanol–water partition coefficient (Wildman–Crippen LogP) is 18.4. The largest absolute Gasteiger partial charge is 0.462 e. The summed E-state index contributed by atoms with van der Waals surface area (Å²) in [7, 11) is 0. The van der Waals surface area contributed by atoms with Crippen LogP contribution in [0.3, 0.4) is 0 Å². The maximum Gasteiger partial charge on any atom is 0.306 e. The van der Waals surface area contributed by atoms with Crippen molar-refractivity contribution in [1.29, 1.82) is 0 Å². The minimum Gasteiger partial charge on any atom is -0.462 e. The van der Waals surface area contributed by atoms with E-state index in [0.29, 0.717) is 19.3 Å². The van der Waals surface area contributed by atoms with Gasteiger partial charge in [0.25, 0.3) is 0 Å². The lowest BCUT2D eigenvalue weighted by molar-refractivity contribution is -0.167. The van der Waals surface area contributed by atoms with Gasteiger partial charge >= 0.3 is 17.9 Å². The highest BCUT2D eigenvalue weighted by molar-refractivity contribution is 5.71. The van der Waals surface area contributed by atoms with Crippen molar-refractivity contribution in [3.8, 4) is 0 Å². The van der Waals surface area contributed by atoms with Gasteiger partial charge in [-0.2, -0.15) is 0 Å². The first-order valence-corrected chi connectivity index (χ1v) is 27.4. The predicted molar refractivity (Wildman–Crippen MR) is 297 cm³/mol. The van der Waals surface area contributed by atoms with Crippen LogP contribution < -0.4 is 0 Å². The van der Waals surface area contributed by atoms with Crippen molar-refractivity contribution in [3.05, 3.63) is 146 Å². The molecule has 0 spiro atoms. The van der Waals surface area contributed by atoms with E-state index in [0.717, 1.165) is 103 Å². The lowest BCUT2D eigenvalue weighted by Gasteiger charge is -2.18. The third-order valence-corrected chi connectivity index (χ3v) is 10.9. The second-order valence-corrected chi connectivity index (χ2v) is 17.5. The maximum absolute atomic E-state index is 12.8. The van der Waals surface area contributed by atoms with Gasteiger partial charge in [-0.1, -0.05) is 231 Å². The number of hydrogen-bond donors (Lipinski definition) is 0. The number of carbonyl (C=O) groups is 3. The molecule has 0 saturated carbocycles. The molecule has 0 fully saturated rings. The molecule has 0 saturated heterocycles. The summed E-state index contributed by atoms with van der Waals surface area (Å²) in [6, 6.07) is 0. The number of rotatable bonds is 47. The highest BCUT2D eigenvalue weighted by atomic mass is 16.6. The van der Waals surface area contributed by atoms with E-state index in [9.17, 15) is 14.4 Å². The third kappa shape index (κ3) is 54.1. The summed E-state index contributed by atoms with van der Waals surface area (Å²) < 4.78 is 16.7. The topological polar surface area (TPSA) is 78.9 Å². The van der Waals surface area contributed by atoms with Crippen molar-refractivity contribution in [2.24, 2.45) is 0 Å². The van der Waals surface area contributed by atoms with Gasteiger partial charge in [0.05, 0.1) is 0 Å². The van der Waals surface area contributed by atoms with E-state index in [2.05, 4.69) is 118 Å². The lowest BCUT2D eigenvalue weighted by Crippen LogP contribution is -2.30. The van der Waals surface area contributed by atoms with Crippen LogP contribution in [0, 0.1) is 0 Å². The minimum atomic E-state index is -0.833. The molecule has 0 amide bonds. The van der Waals surface area contributed by atoms with E-state index >= 15 is 0 Å². The summed E-state index contributed by atoms with van der Waals surface area (Å²) in [4.78, 5) is 38.1. The van der Waals surface area contributed by atoms with Crippen molar-refractivity contribution in [3.63, 3.8) is 0 Å². The van der Waals surface area contributed by atoms with E-state index in [1.165, 1.54) is 64.2 Å². The second-order valence-electron chi connectivity index (χ2n) is 17.5. The van der Waals surface area contributed by atoms with Gasteiger partial charge in [-0.05, 0) is 109 Å². The van der Waals surface area contributed by atoms with Crippen molar-refractivity contribution < 1.29 is 28.6 Å². The molecule has 0 aromatic carbocycles. The van der Waals surface area contributed by atoms with Crippen LogP contribution in [-0.2, 0) is 28.6 Å². The molecule has 0 radical (unpaired) electrons. The SMILES string of the molecule is CC\C=C/C=C\C=C/C=C\C=C/CCCCCC(=O)OCC(COC(=O)CCCCCCCCCCC/C=C\C/C=C\C/C=C\CC)OC(=O)CCC/C=C\C/C=C\C/C=C\C/C=C\CCCCC. The Bertz CT molecular complexity index is 1560. The summed E-state index contributed by atoms with van der Waals surface area (Å²) in [6.07, 6.45) is 79.8. The Morgan fingerprint density at radius 2 is 0.652 bits per heavy atom. The van der Waals surface area contributed by atoms with Crippen molar-refractivity contribution in [2.75, 3.05) is 13.2 Å². The first-order valence-electron chi connectivity index (χ1n) is 27.4. The molecule has 6 heteroatoms. The van der Waals surface area contributed by atoms with Crippen LogP contribution in [0.5, 0.6) is 0 Å². The number of ether oxygens (including phenoxy) is 3. The average Bonchev–Trinajstić information content (AvgIpc) is 3.35. The quantitative estimate of drug-likeness (QED) is 0.0199. The standard InChI is InChI=1S/C63H98O6/c1-4-7-10-13-16-19-22-25-28-30-31-33-35-38-41-44-47-50-53-56-62(65)68-59-60(58-67-61(64)55-52-49-46-43-40-37-34-27-24-21-18-15-12-9-6-3)69-63(66)57-54-51-48-45-42-39-36-32-29-26-23-20-17-14-11-8-5-2/h7,9-10,12,15-21,24-29,34,36-37,39-40,45,48,60H,4-6,8,11,13-14,22-23,30-33,35,38,41-44,46-47,49-59H2,1-3H3/b10-7-,12-9-,18-15-,19-16-,20-17-,24-21-,28-25-,29-26-,34-27-,39-36-,40-37-,48-45-. The lowest BCUT2D eigenvalue weighted by atomic mass is 10.1. The van der Waals surface area contributed by atoms with E-state index < -0.39 is 6.10 Å². The Kier molecular flexibility index (Phi) is 52.1. The molecule has 0 heterocycles. The Morgan fingerprint density at radius 3 is 1.12 bits per heavy atom. The Labute approximate surface area is 423 Å². The van der Waals surface area contributed by atoms with Gasteiger partial charge in [0.2, 0.25) is 0 Å². The number of hydrogen-bond acceptors (Lipinski definition) is 6. The van der Waals surface area contributed by atoms with Gasteiger partial charge in [-0.15, -0.1) is 0 Å². The normalized spacial score (nSPS) is 13.3. The van der Waals surface area contributed by atoms with Gasteiger partial charge < -0.3 is 14.2 Å². The van der Waals surface area contributed by atoms with Crippen LogP contribution in [0.4, 0.5) is 0 Å². The summed E-state index contributed by atoms with van der Waals surface area (Å²) in [5, 5.41) is 0. The first-order chi connectivity index (χ1) is 34.0. The molecule has 69 heavy (non-hydrogen) atoms. The van der Waals surface area contributed by atoms with Gasteiger partial charge in [0.1, 0.15) is 13.2 Å². The zero-order valence-electron chi connectivity index (χ0n) is 44.0. The molecular formula is C63H98O6. The average molecular weight is 951 g/mol. The number of allylic oxidation sites excluding steroid dienone is 24. The van der Waals surface area contributed by atoms with Crippen LogP contribution in [0.15, 0.2) is 146 Å². The molecule has 6 nitrogen and oxygen atoms in total. The van der Waals surface area contributed by atoms with E-state index in [1.807, 2.05) is 48.6 Å². The highest BCUT2D eigenvalue weighted by Crippen LogP contribution is 2.13. The van der Waals surface area contributed by atoms with Crippen molar-refractivity contribution in [2.45, 2.75) is 219 Å². The van der Waals surface area contributed by atoms with Crippen molar-refractivity contribution in [1.82, 2.24) is 0 Å². The summed E-state index contributed by atoms with van der Waals surface area (Å²) in [6.45, 7) is 6.25. The summed E-state index contributed by atoms with van der Waals surface area (Å²) >= 11 is 0. The molecule has 0 aliphatic heterocycles. The summed E-state index contributed by atoms with van der Waals surface area (Å²) in [5.41, 5.74) is 0. The minimum absolute atomic E-state index is 0.123. The van der Waals surface area contributed by atoms with Gasteiger partial charge in [-0.3, -0.25) is 14.4 Å². The van der Waals surface area contributed by atoms with Crippen LogP contribution in [0.25, 0.3) is 0 Å². The molecule has 0 aromatic rings. The molecule has 1 atom stereocenters. The van der Waals surface area contributed by atoms with Crippen LogP contribution in [0.1, 0.15) is 213 Å². The van der Waals surface area contributed by atoms with Gasteiger partial charge in [0, 0.05) is 19.3 Å². The first kappa shape index (κ1) is 64.3. The Morgan fingerprint density at radius 1 is 0.319 bits per heavy atom. The Hall–Kier alpha value is -4.71. The maximum atomic E-state index is 12.8. The van der Waals surface area contributed by atoms with Crippen LogP contribution in [-0.4, -0.2) is 37.2 Å². The third-order valence-electron chi connectivity index (χ3n) is 10.9. The highest BCUT2D eigenvalue weighted by Gasteiger charge is 2.19. The molecule has 0 aliphatic rings.